The summed E-state index contributed by atoms with van der Waals surface area (Å²) in [5.41, 5.74) is 7.83. The Labute approximate surface area is 154 Å². The van der Waals surface area contributed by atoms with Crippen LogP contribution < -0.4 is 16.0 Å². The fourth-order valence-electron chi connectivity index (χ4n) is 4.08. The highest BCUT2D eigenvalue weighted by Gasteiger charge is 2.22. The summed E-state index contributed by atoms with van der Waals surface area (Å²) in [7, 11) is 0. The third-order valence-corrected chi connectivity index (χ3v) is 5.51. The molecule has 0 aliphatic carbocycles. The van der Waals surface area contributed by atoms with E-state index < -0.39 is 5.91 Å². The van der Waals surface area contributed by atoms with Gasteiger partial charge in [0.15, 0.2) is 0 Å². The van der Waals surface area contributed by atoms with Crippen LogP contribution in [0.5, 0.6) is 0 Å². The molecule has 3 heterocycles. The van der Waals surface area contributed by atoms with Crippen molar-refractivity contribution in [3.05, 3.63) is 23.8 Å². The third-order valence-electron chi connectivity index (χ3n) is 5.51. The average Bonchev–Trinajstić information content (AvgIpc) is 3.06. The third kappa shape index (κ3) is 3.41. The molecule has 2 aliphatic rings. The highest BCUT2D eigenvalue weighted by molar-refractivity contribution is 6.04. The number of aromatic nitrogens is 2. The highest BCUT2D eigenvalue weighted by atomic mass is 16.1. The maximum absolute atomic E-state index is 11.9. The van der Waals surface area contributed by atoms with Gasteiger partial charge < -0.3 is 25.4 Å². The number of rotatable bonds is 5. The number of likely N-dealkylation sites (tertiary alicyclic amines) is 1. The summed E-state index contributed by atoms with van der Waals surface area (Å²) >= 11 is 0. The van der Waals surface area contributed by atoms with E-state index in [2.05, 4.69) is 25.8 Å². The predicted molar refractivity (Wildman–Crippen MR) is 104 cm³/mol. The van der Waals surface area contributed by atoms with Crippen LogP contribution >= 0.6 is 0 Å². The molecule has 2 aromatic rings. The molecule has 1 aromatic heterocycles. The van der Waals surface area contributed by atoms with Crippen molar-refractivity contribution in [3.8, 4) is 0 Å². The lowest BCUT2D eigenvalue weighted by Crippen LogP contribution is -2.45. The van der Waals surface area contributed by atoms with E-state index in [-0.39, 0.29) is 0 Å². The molecule has 7 heteroatoms. The molecule has 26 heavy (non-hydrogen) atoms. The summed E-state index contributed by atoms with van der Waals surface area (Å²) in [6, 6.07) is 5.73. The van der Waals surface area contributed by atoms with Crippen LogP contribution in [0.4, 0.5) is 5.95 Å². The number of nitrogens with zero attached hydrogens (tertiary/aromatic N) is 4. The van der Waals surface area contributed by atoms with Crippen molar-refractivity contribution in [2.24, 2.45) is 5.73 Å². The number of para-hydroxylation sites is 1. The Morgan fingerprint density at radius 3 is 2.58 bits per heavy atom. The van der Waals surface area contributed by atoms with Crippen molar-refractivity contribution in [1.82, 2.24) is 19.8 Å². The van der Waals surface area contributed by atoms with Crippen molar-refractivity contribution in [2.45, 2.75) is 25.8 Å². The van der Waals surface area contributed by atoms with Crippen molar-refractivity contribution in [1.29, 1.82) is 0 Å². The topological polar surface area (TPSA) is 79.4 Å². The first kappa shape index (κ1) is 17.3. The van der Waals surface area contributed by atoms with Gasteiger partial charge in [0.2, 0.25) is 5.95 Å². The Morgan fingerprint density at radius 2 is 1.85 bits per heavy atom. The van der Waals surface area contributed by atoms with Crippen LogP contribution in [0.25, 0.3) is 11.0 Å². The van der Waals surface area contributed by atoms with E-state index in [1.165, 1.54) is 32.4 Å². The highest BCUT2D eigenvalue weighted by Crippen LogP contribution is 2.26. The summed E-state index contributed by atoms with van der Waals surface area (Å²) in [6.07, 6.45) is 3.93. The van der Waals surface area contributed by atoms with Gasteiger partial charge in [-0.3, -0.25) is 4.79 Å². The van der Waals surface area contributed by atoms with Crippen molar-refractivity contribution in [3.63, 3.8) is 0 Å². The number of anilines is 1. The van der Waals surface area contributed by atoms with Crippen LogP contribution in [0.15, 0.2) is 18.2 Å². The molecule has 1 aromatic carbocycles. The Morgan fingerprint density at radius 1 is 1.08 bits per heavy atom. The van der Waals surface area contributed by atoms with Crippen LogP contribution in [0.2, 0.25) is 0 Å². The van der Waals surface area contributed by atoms with Crippen LogP contribution in [0.1, 0.15) is 29.6 Å². The molecule has 0 radical (unpaired) electrons. The molecule has 2 aliphatic heterocycles. The number of benzene rings is 1. The Kier molecular flexibility index (Phi) is 5.08. The van der Waals surface area contributed by atoms with Crippen molar-refractivity contribution in [2.75, 3.05) is 50.7 Å². The lowest BCUT2D eigenvalue weighted by molar-refractivity contribution is 0.100. The SMILES string of the molecule is NC(=O)c1cccc2c1nc(N1CCNCC1)n2CCN1CCCCC1. The van der Waals surface area contributed by atoms with Gasteiger partial charge in [-0.2, -0.15) is 0 Å². The molecular formula is C19H28N6O. The van der Waals surface area contributed by atoms with Gasteiger partial charge in [-0.1, -0.05) is 12.5 Å². The maximum atomic E-state index is 11.9. The number of fused-ring (bicyclic) bond motifs is 1. The van der Waals surface area contributed by atoms with Gasteiger partial charge in [0.05, 0.1) is 11.1 Å². The van der Waals surface area contributed by atoms with E-state index in [0.717, 1.165) is 56.3 Å². The monoisotopic (exact) mass is 356 g/mol. The minimum Gasteiger partial charge on any atom is -0.366 e. The molecule has 140 valence electrons. The van der Waals surface area contributed by atoms with E-state index in [9.17, 15) is 4.79 Å². The predicted octanol–water partition coefficient (Wildman–Crippen LogP) is 1.03. The summed E-state index contributed by atoms with van der Waals surface area (Å²) in [5, 5.41) is 3.39. The smallest absolute Gasteiger partial charge is 0.250 e. The van der Waals surface area contributed by atoms with Crippen LogP contribution in [0, 0.1) is 0 Å². The fourth-order valence-corrected chi connectivity index (χ4v) is 4.08. The first-order valence-corrected chi connectivity index (χ1v) is 9.71. The molecule has 3 N–H and O–H groups in total. The first-order chi connectivity index (χ1) is 12.7. The number of primary amides is 1. The number of amides is 1. The zero-order valence-corrected chi connectivity index (χ0v) is 15.3. The maximum Gasteiger partial charge on any atom is 0.250 e. The number of carbonyl (C=O) groups excluding carboxylic acids is 1. The summed E-state index contributed by atoms with van der Waals surface area (Å²) in [6.45, 7) is 8.04. The van der Waals surface area contributed by atoms with Gasteiger partial charge in [0, 0.05) is 39.3 Å². The van der Waals surface area contributed by atoms with Crippen LogP contribution in [-0.2, 0) is 6.54 Å². The Hall–Kier alpha value is -2.12. The molecule has 0 atom stereocenters. The zero-order chi connectivity index (χ0) is 17.9. The normalized spacial score (nSPS) is 19.2. The molecule has 1 amide bonds. The molecule has 0 bridgehead atoms. The molecule has 0 spiro atoms. The van der Waals surface area contributed by atoms with E-state index in [4.69, 9.17) is 10.7 Å². The van der Waals surface area contributed by atoms with Gasteiger partial charge in [0.1, 0.15) is 5.52 Å². The molecule has 2 saturated heterocycles. The molecule has 4 rings (SSSR count). The van der Waals surface area contributed by atoms with Gasteiger partial charge in [-0.05, 0) is 38.1 Å². The van der Waals surface area contributed by atoms with Crippen molar-refractivity contribution < 1.29 is 4.79 Å². The largest absolute Gasteiger partial charge is 0.366 e. The summed E-state index contributed by atoms with van der Waals surface area (Å²) < 4.78 is 2.28. The number of piperazine rings is 1. The number of hydrogen-bond donors (Lipinski definition) is 2. The molecule has 0 unspecified atom stereocenters. The summed E-state index contributed by atoms with van der Waals surface area (Å²) in [4.78, 5) is 21.6. The number of carbonyl (C=O) groups is 1. The standard InChI is InChI=1S/C19H28N6O/c20-18(26)15-5-4-6-16-17(15)22-19(24-11-7-21-8-12-24)25(16)14-13-23-9-2-1-3-10-23/h4-6,21H,1-3,7-14H2,(H2,20,26). The lowest BCUT2D eigenvalue weighted by Gasteiger charge is -2.30. The van der Waals surface area contributed by atoms with E-state index in [1.807, 2.05) is 6.07 Å². The summed E-state index contributed by atoms with van der Waals surface area (Å²) in [5.74, 6) is 0.551. The first-order valence-electron chi connectivity index (χ1n) is 9.71. The molecule has 0 saturated carbocycles. The second-order valence-corrected chi connectivity index (χ2v) is 7.24. The van der Waals surface area contributed by atoms with Gasteiger partial charge in [-0.25, -0.2) is 4.98 Å². The van der Waals surface area contributed by atoms with E-state index in [0.29, 0.717) is 5.56 Å². The van der Waals surface area contributed by atoms with Crippen LogP contribution in [-0.4, -0.2) is 66.2 Å². The average molecular weight is 356 g/mol. The minimum atomic E-state index is -0.414. The number of piperidine rings is 1. The minimum absolute atomic E-state index is 0.414. The van der Waals surface area contributed by atoms with Gasteiger partial charge >= 0.3 is 0 Å². The second kappa shape index (κ2) is 7.63. The number of nitrogens with two attached hydrogens (primary N) is 1. The Balaban J connectivity index is 1.69. The van der Waals surface area contributed by atoms with Crippen LogP contribution in [0.3, 0.4) is 0 Å². The molecular weight excluding hydrogens is 328 g/mol. The van der Waals surface area contributed by atoms with Gasteiger partial charge in [0.25, 0.3) is 5.91 Å². The molecule has 2 fully saturated rings. The second-order valence-electron chi connectivity index (χ2n) is 7.24. The number of imidazole rings is 1. The quantitative estimate of drug-likeness (QED) is 0.837. The van der Waals surface area contributed by atoms with E-state index >= 15 is 0 Å². The number of nitrogens with one attached hydrogen (secondary N) is 1. The van der Waals surface area contributed by atoms with E-state index in [1.54, 1.807) is 6.07 Å². The van der Waals surface area contributed by atoms with Gasteiger partial charge in [-0.15, -0.1) is 0 Å². The molecule has 7 nitrogen and oxygen atoms in total. The lowest BCUT2D eigenvalue weighted by atomic mass is 10.1. The number of hydrogen-bond acceptors (Lipinski definition) is 5. The zero-order valence-electron chi connectivity index (χ0n) is 15.3. The Bertz CT molecular complexity index is 774. The van der Waals surface area contributed by atoms with Crippen molar-refractivity contribution >= 4 is 22.9 Å². The fraction of sp³-hybridized carbons (Fsp3) is 0.579.